The Kier molecular flexibility index (Phi) is 6.93. The van der Waals surface area contributed by atoms with E-state index in [1.54, 1.807) is 6.20 Å². The van der Waals surface area contributed by atoms with E-state index in [0.717, 1.165) is 38.8 Å². The minimum atomic E-state index is -0.241. The Bertz CT molecular complexity index is 322. The second-order valence-corrected chi connectivity index (χ2v) is 4.71. The molecule has 0 spiro atoms. The number of nitrogens with one attached hydrogen (secondary N) is 1. The number of carbonyl (C=O) groups is 1. The number of amides is 1. The van der Waals surface area contributed by atoms with Gasteiger partial charge in [-0.25, -0.2) is 0 Å². The van der Waals surface area contributed by atoms with E-state index >= 15 is 0 Å². The minimum Gasteiger partial charge on any atom is -0.376 e. The van der Waals surface area contributed by atoms with Crippen LogP contribution in [0.4, 0.5) is 0 Å². The Hall–Kier alpha value is -1.50. The predicted molar refractivity (Wildman–Crippen MR) is 71.7 cm³/mol. The van der Waals surface area contributed by atoms with E-state index in [9.17, 15) is 4.79 Å². The second-order valence-electron chi connectivity index (χ2n) is 4.71. The monoisotopic (exact) mass is 249 g/mol. The molecule has 0 aromatic carbocycles. The Labute approximate surface area is 110 Å². The predicted octanol–water partition coefficient (Wildman–Crippen LogP) is 2.19. The van der Waals surface area contributed by atoms with Crippen LogP contribution in [-0.4, -0.2) is 30.4 Å². The molecule has 4 heteroatoms. The summed E-state index contributed by atoms with van der Waals surface area (Å²) in [6, 6.07) is 2.00. The van der Waals surface area contributed by atoms with Crippen LogP contribution in [0.1, 0.15) is 45.4 Å². The molecule has 1 heterocycles. The number of likely N-dealkylation sites (tertiary alicyclic amines) is 1. The zero-order valence-electron chi connectivity index (χ0n) is 11.2. The highest BCUT2D eigenvalue weighted by molar-refractivity contribution is 5.97. The third-order valence-electron chi connectivity index (χ3n) is 3.13. The summed E-state index contributed by atoms with van der Waals surface area (Å²) in [6.07, 6.45) is 8.50. The van der Waals surface area contributed by atoms with E-state index in [1.807, 2.05) is 6.07 Å². The first kappa shape index (κ1) is 14.6. The third-order valence-corrected chi connectivity index (χ3v) is 3.13. The van der Waals surface area contributed by atoms with Gasteiger partial charge in [0.15, 0.2) is 0 Å². The summed E-state index contributed by atoms with van der Waals surface area (Å²) in [6.45, 7) is 4.62. The lowest BCUT2D eigenvalue weighted by atomic mass is 10.2. The van der Waals surface area contributed by atoms with Gasteiger partial charge in [-0.05, 0) is 19.3 Å². The summed E-state index contributed by atoms with van der Waals surface area (Å²) in [5, 5.41) is 11.8. The van der Waals surface area contributed by atoms with Crippen molar-refractivity contribution in [3.8, 4) is 6.07 Å². The van der Waals surface area contributed by atoms with E-state index in [0.29, 0.717) is 6.54 Å². The van der Waals surface area contributed by atoms with E-state index in [1.165, 1.54) is 12.8 Å². The highest BCUT2D eigenvalue weighted by Gasteiger charge is 2.11. The molecule has 18 heavy (non-hydrogen) atoms. The number of hydrogen-bond acceptors (Lipinski definition) is 3. The molecule has 0 aliphatic carbocycles. The number of nitriles is 1. The molecule has 1 N–H and O–H groups in total. The molecule has 0 bridgehead atoms. The largest absolute Gasteiger partial charge is 0.376 e. The molecule has 0 unspecified atom stereocenters. The van der Waals surface area contributed by atoms with Crippen LogP contribution >= 0.6 is 0 Å². The van der Waals surface area contributed by atoms with Crippen LogP contribution in [0.25, 0.3) is 0 Å². The summed E-state index contributed by atoms with van der Waals surface area (Å²) >= 11 is 0. The van der Waals surface area contributed by atoms with Crippen molar-refractivity contribution in [2.75, 3.05) is 19.6 Å². The third kappa shape index (κ3) is 5.22. The van der Waals surface area contributed by atoms with Crippen LogP contribution in [0, 0.1) is 11.3 Å². The highest BCUT2D eigenvalue weighted by atomic mass is 16.1. The summed E-state index contributed by atoms with van der Waals surface area (Å²) in [5.74, 6) is -0.241. The Morgan fingerprint density at radius 1 is 1.33 bits per heavy atom. The maximum absolute atomic E-state index is 11.8. The standard InChI is InChI=1S/C14H23N3O/c1-2-3-8-16-14(18)13(11-15)12-17-9-6-4-5-7-10-17/h12H,2-10H2,1H3,(H,16,18)/b13-12-. The number of rotatable bonds is 5. The summed E-state index contributed by atoms with van der Waals surface area (Å²) < 4.78 is 0. The van der Waals surface area contributed by atoms with E-state index in [2.05, 4.69) is 17.1 Å². The lowest BCUT2D eigenvalue weighted by molar-refractivity contribution is -0.117. The maximum atomic E-state index is 11.8. The van der Waals surface area contributed by atoms with Crippen molar-refractivity contribution in [2.45, 2.75) is 45.4 Å². The molecular weight excluding hydrogens is 226 g/mol. The molecule has 1 saturated heterocycles. The first-order valence-electron chi connectivity index (χ1n) is 6.92. The molecule has 1 aliphatic heterocycles. The van der Waals surface area contributed by atoms with Gasteiger partial charge in [0.25, 0.3) is 5.91 Å². The number of nitrogens with zero attached hydrogens (tertiary/aromatic N) is 2. The molecule has 0 radical (unpaired) electrons. The van der Waals surface area contributed by atoms with Crippen molar-refractivity contribution < 1.29 is 4.79 Å². The van der Waals surface area contributed by atoms with Crippen LogP contribution in [0.15, 0.2) is 11.8 Å². The van der Waals surface area contributed by atoms with Gasteiger partial charge in [0.2, 0.25) is 0 Å². The summed E-state index contributed by atoms with van der Waals surface area (Å²) in [7, 11) is 0. The van der Waals surface area contributed by atoms with E-state index in [-0.39, 0.29) is 11.5 Å². The van der Waals surface area contributed by atoms with Gasteiger partial charge in [-0.1, -0.05) is 26.2 Å². The van der Waals surface area contributed by atoms with Crippen molar-refractivity contribution in [1.29, 1.82) is 5.26 Å². The Balaban J connectivity index is 2.52. The molecule has 0 aromatic heterocycles. The molecule has 0 atom stereocenters. The highest BCUT2D eigenvalue weighted by Crippen LogP contribution is 2.11. The molecular formula is C14H23N3O. The Morgan fingerprint density at radius 2 is 2.00 bits per heavy atom. The number of hydrogen-bond donors (Lipinski definition) is 1. The van der Waals surface area contributed by atoms with Gasteiger partial charge in [-0.2, -0.15) is 5.26 Å². The van der Waals surface area contributed by atoms with Crippen LogP contribution in [0.3, 0.4) is 0 Å². The zero-order valence-corrected chi connectivity index (χ0v) is 11.2. The average molecular weight is 249 g/mol. The number of carbonyl (C=O) groups excluding carboxylic acids is 1. The lowest BCUT2D eigenvalue weighted by Crippen LogP contribution is -2.28. The zero-order chi connectivity index (χ0) is 13.2. The van der Waals surface area contributed by atoms with Gasteiger partial charge in [0.05, 0.1) is 0 Å². The second kappa shape index (κ2) is 8.57. The van der Waals surface area contributed by atoms with Gasteiger partial charge in [0, 0.05) is 25.8 Å². The molecule has 1 rings (SSSR count). The van der Waals surface area contributed by atoms with E-state index in [4.69, 9.17) is 5.26 Å². The quantitative estimate of drug-likeness (QED) is 0.461. The van der Waals surface area contributed by atoms with Gasteiger partial charge in [0.1, 0.15) is 11.6 Å². The number of unbranched alkanes of at least 4 members (excludes halogenated alkanes) is 1. The molecule has 0 saturated carbocycles. The van der Waals surface area contributed by atoms with Crippen LogP contribution in [-0.2, 0) is 4.79 Å². The van der Waals surface area contributed by atoms with Crippen molar-refractivity contribution in [2.24, 2.45) is 0 Å². The van der Waals surface area contributed by atoms with Crippen LogP contribution in [0.2, 0.25) is 0 Å². The van der Waals surface area contributed by atoms with Crippen molar-refractivity contribution in [3.05, 3.63) is 11.8 Å². The Morgan fingerprint density at radius 3 is 2.56 bits per heavy atom. The van der Waals surface area contributed by atoms with Crippen molar-refractivity contribution in [1.82, 2.24) is 10.2 Å². The first-order chi connectivity index (χ1) is 8.77. The van der Waals surface area contributed by atoms with Crippen molar-refractivity contribution >= 4 is 5.91 Å². The minimum absolute atomic E-state index is 0.230. The molecule has 4 nitrogen and oxygen atoms in total. The lowest BCUT2D eigenvalue weighted by Gasteiger charge is -2.17. The fraction of sp³-hybridized carbons (Fsp3) is 0.714. The average Bonchev–Trinajstić information content (AvgIpc) is 2.64. The maximum Gasteiger partial charge on any atom is 0.263 e. The summed E-state index contributed by atoms with van der Waals surface area (Å²) in [4.78, 5) is 13.9. The van der Waals surface area contributed by atoms with Crippen molar-refractivity contribution in [3.63, 3.8) is 0 Å². The van der Waals surface area contributed by atoms with Gasteiger partial charge >= 0.3 is 0 Å². The normalized spacial score (nSPS) is 16.9. The molecule has 1 fully saturated rings. The SMILES string of the molecule is CCCCNC(=O)/C(C#N)=C\N1CCCCCC1. The smallest absolute Gasteiger partial charge is 0.263 e. The first-order valence-corrected chi connectivity index (χ1v) is 6.92. The molecule has 1 aliphatic rings. The topological polar surface area (TPSA) is 56.1 Å². The van der Waals surface area contributed by atoms with E-state index < -0.39 is 0 Å². The molecule has 1 amide bonds. The fourth-order valence-corrected chi connectivity index (χ4v) is 2.02. The fourth-order valence-electron chi connectivity index (χ4n) is 2.02. The summed E-state index contributed by atoms with van der Waals surface area (Å²) in [5.41, 5.74) is 0.230. The van der Waals surface area contributed by atoms with Gasteiger partial charge in [-0.3, -0.25) is 4.79 Å². The van der Waals surface area contributed by atoms with Crippen LogP contribution < -0.4 is 5.32 Å². The molecule has 0 aromatic rings. The molecule has 100 valence electrons. The van der Waals surface area contributed by atoms with Gasteiger partial charge < -0.3 is 10.2 Å². The van der Waals surface area contributed by atoms with Gasteiger partial charge in [-0.15, -0.1) is 0 Å². The van der Waals surface area contributed by atoms with Crippen LogP contribution in [0.5, 0.6) is 0 Å².